The fourth-order valence-electron chi connectivity index (χ4n) is 3.60. The number of carbonyl (C=O) groups excluding carboxylic acids is 3. The smallest absolute Gasteiger partial charge is 0.337 e. The van der Waals surface area contributed by atoms with Gasteiger partial charge in [0.1, 0.15) is 17.1 Å². The Labute approximate surface area is 161 Å². The van der Waals surface area contributed by atoms with Gasteiger partial charge in [-0.25, -0.2) is 9.59 Å². The third-order valence-corrected chi connectivity index (χ3v) is 5.00. The molecular formula is C21H19NO6. The molecule has 2 aromatic rings. The average Bonchev–Trinajstić information content (AvgIpc) is 3.24. The van der Waals surface area contributed by atoms with Crippen molar-refractivity contribution < 1.29 is 28.3 Å². The van der Waals surface area contributed by atoms with Crippen molar-refractivity contribution in [3.63, 3.8) is 0 Å². The van der Waals surface area contributed by atoms with E-state index in [9.17, 15) is 14.4 Å². The van der Waals surface area contributed by atoms with Crippen LogP contribution in [-0.2, 0) is 19.1 Å². The van der Waals surface area contributed by atoms with Gasteiger partial charge in [-0.05, 0) is 38.1 Å². The summed E-state index contributed by atoms with van der Waals surface area (Å²) in [7, 11) is 1.33. The number of furan rings is 1. The molecule has 1 N–H and O–H groups in total. The van der Waals surface area contributed by atoms with E-state index < -0.39 is 23.5 Å². The highest BCUT2D eigenvalue weighted by molar-refractivity contribution is 5.99. The summed E-state index contributed by atoms with van der Waals surface area (Å²) in [5.74, 6) is -0.446. The predicted molar refractivity (Wildman–Crippen MR) is 98.2 cm³/mol. The second-order valence-corrected chi connectivity index (χ2v) is 7.26. The summed E-state index contributed by atoms with van der Waals surface area (Å²) >= 11 is 0. The summed E-state index contributed by atoms with van der Waals surface area (Å²) in [6.07, 6.45) is 0.109. The van der Waals surface area contributed by atoms with E-state index >= 15 is 0 Å². The molecule has 0 saturated heterocycles. The minimum Gasteiger partial charge on any atom is -0.465 e. The summed E-state index contributed by atoms with van der Waals surface area (Å²) in [4.78, 5) is 36.2. The zero-order chi connectivity index (χ0) is 20.1. The van der Waals surface area contributed by atoms with Crippen molar-refractivity contribution in [2.45, 2.75) is 31.8 Å². The number of cyclic esters (lactones) is 1. The van der Waals surface area contributed by atoms with Gasteiger partial charge in [0.2, 0.25) is 5.91 Å². The van der Waals surface area contributed by atoms with Crippen LogP contribution < -0.4 is 5.32 Å². The molecule has 28 heavy (non-hydrogen) atoms. The molecule has 0 radical (unpaired) electrons. The van der Waals surface area contributed by atoms with Crippen LogP contribution in [0, 0.1) is 0 Å². The van der Waals surface area contributed by atoms with Gasteiger partial charge in [-0.15, -0.1) is 0 Å². The average molecular weight is 381 g/mol. The van der Waals surface area contributed by atoms with Crippen LogP contribution in [0.5, 0.6) is 0 Å². The van der Waals surface area contributed by atoms with Crippen molar-refractivity contribution in [1.82, 2.24) is 5.32 Å². The number of hydrogen-bond donors (Lipinski definition) is 1. The molecule has 1 aromatic heterocycles. The number of esters is 2. The highest BCUT2D eigenvalue weighted by Gasteiger charge is 2.48. The minimum atomic E-state index is -0.875. The topological polar surface area (TPSA) is 94.8 Å². The molecule has 0 saturated carbocycles. The number of benzene rings is 1. The first-order valence-corrected chi connectivity index (χ1v) is 8.86. The van der Waals surface area contributed by atoms with Gasteiger partial charge in [0.05, 0.1) is 29.9 Å². The van der Waals surface area contributed by atoms with Gasteiger partial charge in [0, 0.05) is 12.0 Å². The standard InChI is InChI=1S/C21H19NO6/c1-21(2)18-17(20(25)28-21)13(10-16(23)22-18)15-9-8-14(27-15)11-4-6-12(7-5-11)19(24)26-3/h4-9,13H,10H2,1-3H3,(H,22,23)/t13-/m1/s1. The minimum absolute atomic E-state index is 0.109. The van der Waals surface area contributed by atoms with Crippen LogP contribution in [-0.4, -0.2) is 30.6 Å². The summed E-state index contributed by atoms with van der Waals surface area (Å²) in [5.41, 5.74) is 1.26. The van der Waals surface area contributed by atoms with Gasteiger partial charge in [0.15, 0.2) is 0 Å². The van der Waals surface area contributed by atoms with E-state index in [1.807, 2.05) is 0 Å². The second kappa shape index (κ2) is 6.37. The Bertz CT molecular complexity index is 1010. The summed E-state index contributed by atoms with van der Waals surface area (Å²) in [5, 5.41) is 2.77. The van der Waals surface area contributed by atoms with Crippen molar-refractivity contribution in [3.8, 4) is 11.3 Å². The van der Waals surface area contributed by atoms with Crippen LogP contribution in [0.15, 0.2) is 52.1 Å². The first-order valence-electron chi connectivity index (χ1n) is 8.86. The second-order valence-electron chi connectivity index (χ2n) is 7.26. The summed E-state index contributed by atoms with van der Waals surface area (Å²) in [6.45, 7) is 3.48. The number of amides is 1. The maximum Gasteiger partial charge on any atom is 0.337 e. The Morgan fingerprint density at radius 3 is 2.54 bits per heavy atom. The first-order chi connectivity index (χ1) is 13.3. The molecule has 0 bridgehead atoms. The number of ether oxygens (including phenoxy) is 2. The van der Waals surface area contributed by atoms with E-state index in [-0.39, 0.29) is 12.3 Å². The molecule has 0 unspecified atom stereocenters. The Morgan fingerprint density at radius 1 is 1.14 bits per heavy atom. The molecule has 1 atom stereocenters. The highest BCUT2D eigenvalue weighted by Crippen LogP contribution is 2.43. The third-order valence-electron chi connectivity index (χ3n) is 5.00. The molecule has 1 aromatic carbocycles. The quantitative estimate of drug-likeness (QED) is 0.822. The van der Waals surface area contributed by atoms with E-state index in [1.54, 1.807) is 50.2 Å². The Kier molecular flexibility index (Phi) is 4.10. The maximum absolute atomic E-state index is 12.4. The number of hydrogen-bond acceptors (Lipinski definition) is 6. The summed E-state index contributed by atoms with van der Waals surface area (Å²) < 4.78 is 16.1. The number of methoxy groups -OCH3 is 1. The zero-order valence-corrected chi connectivity index (χ0v) is 15.7. The maximum atomic E-state index is 12.4. The van der Waals surface area contributed by atoms with E-state index in [0.717, 1.165) is 5.56 Å². The van der Waals surface area contributed by atoms with Crippen LogP contribution in [0.2, 0.25) is 0 Å². The Hall–Kier alpha value is -3.35. The van der Waals surface area contributed by atoms with Gasteiger partial charge in [-0.3, -0.25) is 4.79 Å². The fraction of sp³-hybridized carbons (Fsp3) is 0.286. The third kappa shape index (κ3) is 2.89. The Morgan fingerprint density at radius 2 is 1.86 bits per heavy atom. The number of carbonyl (C=O) groups is 3. The van der Waals surface area contributed by atoms with Crippen LogP contribution in [0.1, 0.15) is 42.3 Å². The van der Waals surface area contributed by atoms with Gasteiger partial charge in [-0.2, -0.15) is 0 Å². The van der Waals surface area contributed by atoms with Crippen molar-refractivity contribution >= 4 is 17.8 Å². The molecule has 7 heteroatoms. The largest absolute Gasteiger partial charge is 0.465 e. The van der Waals surface area contributed by atoms with Gasteiger partial charge in [0.25, 0.3) is 0 Å². The number of rotatable bonds is 3. The van der Waals surface area contributed by atoms with Gasteiger partial charge in [-0.1, -0.05) is 12.1 Å². The van der Waals surface area contributed by atoms with Crippen molar-refractivity contribution in [3.05, 3.63) is 59.0 Å². The van der Waals surface area contributed by atoms with Crippen LogP contribution >= 0.6 is 0 Å². The van der Waals surface area contributed by atoms with Crippen LogP contribution in [0.25, 0.3) is 11.3 Å². The Balaban J connectivity index is 1.67. The molecular weight excluding hydrogens is 362 g/mol. The first kappa shape index (κ1) is 18.0. The number of nitrogens with one attached hydrogen (secondary N) is 1. The SMILES string of the molecule is COC(=O)c1ccc(-c2ccc([C@H]3CC(=O)NC4=C3C(=O)OC4(C)C)o2)cc1. The van der Waals surface area contributed by atoms with Crippen molar-refractivity contribution in [2.24, 2.45) is 0 Å². The van der Waals surface area contributed by atoms with Crippen LogP contribution in [0.3, 0.4) is 0 Å². The molecule has 0 spiro atoms. The lowest BCUT2D eigenvalue weighted by molar-refractivity contribution is -0.144. The van der Waals surface area contributed by atoms with E-state index in [1.165, 1.54) is 7.11 Å². The highest BCUT2D eigenvalue weighted by atomic mass is 16.6. The van der Waals surface area contributed by atoms with Gasteiger partial charge < -0.3 is 19.2 Å². The zero-order valence-electron chi connectivity index (χ0n) is 15.7. The fourth-order valence-corrected chi connectivity index (χ4v) is 3.60. The summed E-state index contributed by atoms with van der Waals surface area (Å²) in [6, 6.07) is 10.3. The monoisotopic (exact) mass is 381 g/mol. The molecule has 2 aliphatic heterocycles. The van der Waals surface area contributed by atoms with E-state index in [4.69, 9.17) is 13.9 Å². The van der Waals surface area contributed by atoms with Crippen molar-refractivity contribution in [2.75, 3.05) is 7.11 Å². The lowest BCUT2D eigenvalue weighted by atomic mass is 9.86. The normalized spacial score (nSPS) is 20.5. The molecule has 1 amide bonds. The molecule has 7 nitrogen and oxygen atoms in total. The molecule has 0 aliphatic carbocycles. The lowest BCUT2D eigenvalue weighted by Gasteiger charge is -2.26. The molecule has 2 aliphatic rings. The lowest BCUT2D eigenvalue weighted by Crippen LogP contribution is -2.38. The molecule has 144 valence electrons. The van der Waals surface area contributed by atoms with E-state index in [0.29, 0.717) is 28.4 Å². The molecule has 0 fully saturated rings. The van der Waals surface area contributed by atoms with Crippen LogP contribution in [0.4, 0.5) is 0 Å². The predicted octanol–water partition coefficient (Wildman–Crippen LogP) is 2.93. The van der Waals surface area contributed by atoms with Crippen molar-refractivity contribution in [1.29, 1.82) is 0 Å². The molecule has 3 heterocycles. The molecule has 4 rings (SSSR count). The van der Waals surface area contributed by atoms with Gasteiger partial charge >= 0.3 is 11.9 Å². The van der Waals surface area contributed by atoms with E-state index in [2.05, 4.69) is 5.32 Å².